The van der Waals surface area contributed by atoms with E-state index >= 15 is 0 Å². The minimum Gasteiger partial charge on any atom is -0.497 e. The van der Waals surface area contributed by atoms with Crippen LogP contribution in [0.25, 0.3) is 32.9 Å². The van der Waals surface area contributed by atoms with Gasteiger partial charge >= 0.3 is 5.97 Å². The standard InChI is InChI=1S/C39H40N8O6S/c1-53-26-15-13-23(14-16-26)32-33(36-40-17-18-54-36)45-47(44-32)25-19-31-35(49)43-39(38(51)52)20-24(39)9-5-3-2-4-6-12-30(37(50)46(31)22-25)42-34(48)28-21-41-29-11-8-7-10-27(28)29/h5,7-11,13-18,21,24-25,30-31,41H,2-4,6,12,19-20,22H2,1H3,(H,42,48)(H,43,49)(H,51,52)/t24-,25-,30+,31+,39-/m1/s1. The van der Waals surface area contributed by atoms with Crippen LogP contribution in [-0.4, -0.2) is 89.9 Å². The van der Waals surface area contributed by atoms with Crippen molar-refractivity contribution in [2.45, 2.75) is 68.6 Å². The molecule has 1 aliphatic carbocycles. The average molecular weight is 749 g/mol. The maximum absolute atomic E-state index is 14.7. The highest BCUT2D eigenvalue weighted by Crippen LogP contribution is 2.46. The normalized spacial score (nSPS) is 24.6. The second-order valence-electron chi connectivity index (χ2n) is 14.1. The predicted molar refractivity (Wildman–Crippen MR) is 201 cm³/mol. The number of carboxylic acid groups (broad SMARTS) is 1. The zero-order valence-electron chi connectivity index (χ0n) is 29.6. The number of fused-ring (bicyclic) bond motifs is 3. The van der Waals surface area contributed by atoms with Gasteiger partial charge in [0.05, 0.1) is 18.7 Å². The van der Waals surface area contributed by atoms with Gasteiger partial charge in [-0.15, -0.1) is 16.4 Å². The molecule has 2 fully saturated rings. The molecule has 1 saturated carbocycles. The lowest BCUT2D eigenvalue weighted by atomic mass is 10.0. The Bertz CT molecular complexity index is 2230. The average Bonchev–Trinajstić information content (AvgIpc) is 3.79. The number of methoxy groups -OCH3 is 1. The van der Waals surface area contributed by atoms with Crippen LogP contribution in [0, 0.1) is 5.92 Å². The Kier molecular flexibility index (Phi) is 9.48. The van der Waals surface area contributed by atoms with Crippen LogP contribution in [0.1, 0.15) is 61.3 Å². The molecule has 0 bridgehead atoms. The van der Waals surface area contributed by atoms with Gasteiger partial charge in [0, 0.05) is 53.1 Å². The summed E-state index contributed by atoms with van der Waals surface area (Å²) in [7, 11) is 1.59. The summed E-state index contributed by atoms with van der Waals surface area (Å²) in [4.78, 5) is 66.0. The van der Waals surface area contributed by atoms with Crippen molar-refractivity contribution in [3.63, 3.8) is 0 Å². The molecule has 2 aliphatic heterocycles. The number of nitrogens with one attached hydrogen (secondary N) is 3. The van der Waals surface area contributed by atoms with Crippen LogP contribution >= 0.6 is 11.3 Å². The molecular weight excluding hydrogens is 709 g/mol. The van der Waals surface area contributed by atoms with Crippen LogP contribution in [0.4, 0.5) is 0 Å². The molecule has 5 heterocycles. The first-order valence-corrected chi connectivity index (χ1v) is 19.0. The van der Waals surface area contributed by atoms with E-state index in [1.807, 2.05) is 66.1 Å². The number of aromatic nitrogens is 5. The molecule has 8 rings (SSSR count). The van der Waals surface area contributed by atoms with E-state index in [1.54, 1.807) is 19.5 Å². The third-order valence-corrected chi connectivity index (χ3v) is 11.5. The van der Waals surface area contributed by atoms with Crippen LogP contribution in [-0.2, 0) is 14.4 Å². The number of H-pyrrole nitrogens is 1. The second kappa shape index (κ2) is 14.5. The second-order valence-corrected chi connectivity index (χ2v) is 15.0. The van der Waals surface area contributed by atoms with Crippen molar-refractivity contribution in [3.8, 4) is 27.7 Å². The monoisotopic (exact) mass is 748 g/mol. The summed E-state index contributed by atoms with van der Waals surface area (Å²) in [6.07, 6.45) is 11.0. The number of amides is 3. The molecule has 4 N–H and O–H groups in total. The number of benzene rings is 2. The van der Waals surface area contributed by atoms with Crippen molar-refractivity contribution in [1.82, 2.24) is 40.5 Å². The number of thiazole rings is 1. The van der Waals surface area contributed by atoms with Crippen molar-refractivity contribution < 1.29 is 29.0 Å². The molecule has 15 heteroatoms. The van der Waals surface area contributed by atoms with Gasteiger partial charge < -0.3 is 30.4 Å². The molecule has 2 aromatic carbocycles. The lowest BCUT2D eigenvalue weighted by Crippen LogP contribution is -2.56. The van der Waals surface area contributed by atoms with Gasteiger partial charge in [0.25, 0.3) is 5.91 Å². The summed E-state index contributed by atoms with van der Waals surface area (Å²) < 4.78 is 5.35. The number of nitrogens with zero attached hydrogens (tertiary/aromatic N) is 5. The lowest BCUT2D eigenvalue weighted by molar-refractivity contribution is -0.145. The summed E-state index contributed by atoms with van der Waals surface area (Å²) in [5.41, 5.74) is 1.67. The Labute approximate surface area is 314 Å². The van der Waals surface area contributed by atoms with Gasteiger partial charge in [0.15, 0.2) is 0 Å². The Morgan fingerprint density at radius 2 is 1.87 bits per heavy atom. The molecule has 0 spiro atoms. The van der Waals surface area contributed by atoms with E-state index < -0.39 is 47.4 Å². The Morgan fingerprint density at radius 3 is 2.65 bits per heavy atom. The Hall–Kier alpha value is -5.83. The number of ether oxygens (including phenoxy) is 1. The number of carboxylic acids is 1. The molecule has 3 aromatic heterocycles. The minimum absolute atomic E-state index is 0.0633. The van der Waals surface area contributed by atoms with Crippen LogP contribution in [0.5, 0.6) is 5.75 Å². The van der Waals surface area contributed by atoms with Crippen molar-refractivity contribution in [2.75, 3.05) is 13.7 Å². The molecular formula is C39H40N8O6S. The van der Waals surface area contributed by atoms with E-state index in [0.717, 1.165) is 35.7 Å². The van der Waals surface area contributed by atoms with Crippen molar-refractivity contribution in [1.29, 1.82) is 0 Å². The lowest BCUT2D eigenvalue weighted by Gasteiger charge is -2.29. The van der Waals surface area contributed by atoms with E-state index in [9.17, 15) is 24.3 Å². The molecule has 0 unspecified atom stereocenters. The van der Waals surface area contributed by atoms with Crippen molar-refractivity contribution in [2.24, 2.45) is 5.92 Å². The van der Waals surface area contributed by atoms with E-state index in [1.165, 1.54) is 21.0 Å². The minimum atomic E-state index is -1.45. The quantitative estimate of drug-likeness (QED) is 0.167. The van der Waals surface area contributed by atoms with E-state index in [2.05, 4.69) is 20.6 Å². The Balaban J connectivity index is 1.14. The van der Waals surface area contributed by atoms with Crippen LogP contribution in [0.3, 0.4) is 0 Å². The van der Waals surface area contributed by atoms with Gasteiger partial charge in [-0.25, -0.2) is 9.78 Å². The fourth-order valence-electron chi connectivity index (χ4n) is 7.65. The fraction of sp³-hybridized carbons (Fsp3) is 0.359. The maximum Gasteiger partial charge on any atom is 0.330 e. The molecule has 5 atom stereocenters. The highest BCUT2D eigenvalue weighted by molar-refractivity contribution is 7.13. The van der Waals surface area contributed by atoms with E-state index in [-0.39, 0.29) is 25.3 Å². The third kappa shape index (κ3) is 6.63. The number of aliphatic carboxylic acids is 1. The maximum atomic E-state index is 14.7. The Morgan fingerprint density at radius 1 is 1.06 bits per heavy atom. The zero-order chi connectivity index (χ0) is 37.4. The van der Waals surface area contributed by atoms with Gasteiger partial charge in [0.1, 0.15) is 39.8 Å². The number of aromatic amines is 1. The first kappa shape index (κ1) is 35.2. The van der Waals surface area contributed by atoms with E-state index in [0.29, 0.717) is 40.6 Å². The van der Waals surface area contributed by atoms with E-state index in [4.69, 9.17) is 14.9 Å². The predicted octanol–water partition coefficient (Wildman–Crippen LogP) is 4.98. The van der Waals surface area contributed by atoms with Gasteiger partial charge in [-0.1, -0.05) is 43.2 Å². The topological polar surface area (TPSA) is 184 Å². The summed E-state index contributed by atoms with van der Waals surface area (Å²) in [5, 5.41) is 29.1. The molecule has 278 valence electrons. The molecule has 1 saturated heterocycles. The number of rotatable bonds is 7. The first-order chi connectivity index (χ1) is 26.3. The SMILES string of the molecule is COc1ccc(-c2nn([C@@H]3C[C@H]4C(=O)N[C@]5(C(=O)O)C[C@H]5C=CCCCCC[C@H](NC(=O)c5c[nH]c6ccccc56)C(=O)N4C3)nc2-c2nccs2)cc1. The molecule has 3 amide bonds. The van der Waals surface area contributed by atoms with Gasteiger partial charge in [-0.2, -0.15) is 9.90 Å². The fourth-order valence-corrected chi connectivity index (χ4v) is 8.28. The smallest absolute Gasteiger partial charge is 0.330 e. The molecule has 54 heavy (non-hydrogen) atoms. The highest BCUT2D eigenvalue weighted by Gasteiger charge is 2.61. The number of carbonyl (C=O) groups excluding carboxylic acids is 3. The molecule has 14 nitrogen and oxygen atoms in total. The largest absolute Gasteiger partial charge is 0.497 e. The van der Waals surface area contributed by atoms with Crippen LogP contribution < -0.4 is 15.4 Å². The summed E-state index contributed by atoms with van der Waals surface area (Å²) in [6.45, 7) is 0.0633. The number of carbonyl (C=O) groups is 4. The summed E-state index contributed by atoms with van der Waals surface area (Å²) >= 11 is 1.42. The van der Waals surface area contributed by atoms with Gasteiger partial charge in [0.2, 0.25) is 11.8 Å². The number of para-hydroxylation sites is 1. The summed E-state index contributed by atoms with van der Waals surface area (Å²) in [5.74, 6) is -2.17. The highest BCUT2D eigenvalue weighted by atomic mass is 32.1. The van der Waals surface area contributed by atoms with Crippen molar-refractivity contribution >= 4 is 45.9 Å². The third-order valence-electron chi connectivity index (χ3n) is 10.7. The summed E-state index contributed by atoms with van der Waals surface area (Å²) in [6, 6.07) is 12.4. The van der Waals surface area contributed by atoms with Crippen LogP contribution in [0.15, 0.2) is 78.5 Å². The zero-order valence-corrected chi connectivity index (χ0v) is 30.4. The molecule has 3 aliphatic rings. The number of hydrogen-bond acceptors (Lipinski definition) is 9. The molecule has 0 radical (unpaired) electrons. The first-order valence-electron chi connectivity index (χ1n) is 18.2. The molecule has 5 aromatic rings. The van der Waals surface area contributed by atoms with Gasteiger partial charge in [-0.3, -0.25) is 14.4 Å². The van der Waals surface area contributed by atoms with Crippen LogP contribution in [0.2, 0.25) is 0 Å². The van der Waals surface area contributed by atoms with Gasteiger partial charge in [-0.05, 0) is 56.0 Å². The number of allylic oxidation sites excluding steroid dienone is 1. The van der Waals surface area contributed by atoms with Crippen molar-refractivity contribution in [3.05, 3.63) is 84.0 Å². The number of hydrogen-bond donors (Lipinski definition) is 4.